The Morgan fingerprint density at radius 2 is 1.89 bits per heavy atom. The molecular weight excluding hydrogens is 436 g/mol. The molecule has 194 valence electrons. The molecule has 0 radical (unpaired) electrons. The Morgan fingerprint density at radius 3 is 2.60 bits per heavy atom. The van der Waals surface area contributed by atoms with Gasteiger partial charge in [-0.1, -0.05) is 44.8 Å². The number of hydrogen-bond donors (Lipinski definition) is 2. The summed E-state index contributed by atoms with van der Waals surface area (Å²) < 4.78 is 6.53. The maximum Gasteiger partial charge on any atom is 0.234 e. The van der Waals surface area contributed by atoms with Crippen molar-refractivity contribution in [1.29, 1.82) is 0 Å². The van der Waals surface area contributed by atoms with Gasteiger partial charge in [0, 0.05) is 36.9 Å². The number of ether oxygens (including phenoxy) is 1. The van der Waals surface area contributed by atoms with Crippen LogP contribution in [0.15, 0.2) is 23.8 Å². The van der Waals surface area contributed by atoms with Gasteiger partial charge in [0.2, 0.25) is 5.91 Å². The summed E-state index contributed by atoms with van der Waals surface area (Å²) in [5.74, 6) is 2.05. The van der Waals surface area contributed by atoms with Crippen molar-refractivity contribution < 1.29 is 14.6 Å². The molecule has 0 saturated carbocycles. The van der Waals surface area contributed by atoms with Gasteiger partial charge in [-0.15, -0.1) is 0 Å². The highest BCUT2D eigenvalue weighted by Gasteiger charge is 2.46. The van der Waals surface area contributed by atoms with Gasteiger partial charge >= 0.3 is 0 Å². The van der Waals surface area contributed by atoms with Crippen LogP contribution in [-0.2, 0) is 10.2 Å². The van der Waals surface area contributed by atoms with E-state index in [1.807, 2.05) is 6.07 Å². The number of benzene rings is 1. The monoisotopic (exact) mass is 482 g/mol. The van der Waals surface area contributed by atoms with E-state index in [9.17, 15) is 9.90 Å². The molecule has 2 heterocycles. The Labute approximate surface area is 212 Å². The molecule has 1 saturated heterocycles. The highest BCUT2D eigenvalue weighted by Crippen LogP contribution is 2.54. The summed E-state index contributed by atoms with van der Waals surface area (Å²) in [5, 5.41) is 13.3. The van der Waals surface area contributed by atoms with E-state index in [2.05, 4.69) is 57.2 Å². The Bertz CT molecular complexity index is 941. The van der Waals surface area contributed by atoms with Gasteiger partial charge in [0.15, 0.2) is 0 Å². The van der Waals surface area contributed by atoms with Gasteiger partial charge in [0.25, 0.3) is 0 Å². The quantitative estimate of drug-likeness (QED) is 0.333. The number of fused-ring (bicyclic) bond motifs is 3. The molecule has 4 rings (SSSR count). The fraction of sp³-hybridized carbons (Fsp3) is 0.700. The minimum absolute atomic E-state index is 0.111. The molecule has 0 spiro atoms. The van der Waals surface area contributed by atoms with E-state index in [-0.39, 0.29) is 16.9 Å². The maximum absolute atomic E-state index is 12.4. The third-order valence-electron chi connectivity index (χ3n) is 8.63. The van der Waals surface area contributed by atoms with Gasteiger partial charge in [0.1, 0.15) is 17.1 Å². The first-order valence-corrected chi connectivity index (χ1v) is 13.8. The lowest BCUT2D eigenvalue weighted by atomic mass is 9.66. The number of aromatic hydroxyl groups is 1. The lowest BCUT2D eigenvalue weighted by Gasteiger charge is -2.47. The first kappa shape index (κ1) is 26.1. The number of carbonyl (C=O) groups is 1. The van der Waals surface area contributed by atoms with Crippen LogP contribution < -0.4 is 10.2 Å². The van der Waals surface area contributed by atoms with Crippen LogP contribution in [0.2, 0.25) is 0 Å². The maximum atomic E-state index is 12.4. The predicted molar refractivity (Wildman–Crippen MR) is 142 cm³/mol. The van der Waals surface area contributed by atoms with Gasteiger partial charge in [-0.05, 0) is 82.4 Å². The molecule has 1 amide bonds. The summed E-state index contributed by atoms with van der Waals surface area (Å²) in [6, 6.07) is 4.14. The lowest BCUT2D eigenvalue weighted by Crippen LogP contribution is -2.45. The third kappa shape index (κ3) is 6.04. The number of rotatable bonds is 7. The average molecular weight is 483 g/mol. The number of unbranched alkanes of at least 4 members (excludes halogenated alkanes) is 1. The molecular formula is C30H46N2O3. The van der Waals surface area contributed by atoms with Gasteiger partial charge in [-0.3, -0.25) is 10.2 Å². The van der Waals surface area contributed by atoms with Crippen molar-refractivity contribution in [3.63, 3.8) is 0 Å². The van der Waals surface area contributed by atoms with Crippen molar-refractivity contribution in [2.45, 2.75) is 116 Å². The number of hydrazine groups is 1. The van der Waals surface area contributed by atoms with E-state index in [0.29, 0.717) is 24.0 Å². The molecule has 1 fully saturated rings. The van der Waals surface area contributed by atoms with Crippen LogP contribution in [0, 0.1) is 5.92 Å². The molecule has 3 aliphatic rings. The SMILES string of the molecule is CC1=CC[C@@H]2[C@@H](C1)c1c(O)cc(C(C)(C)CCCCC(=O)NN3CCCCCC3)cc1OC2(C)C. The third-order valence-corrected chi connectivity index (χ3v) is 8.63. The number of nitrogens with zero attached hydrogens (tertiary/aromatic N) is 1. The summed E-state index contributed by atoms with van der Waals surface area (Å²) in [5.41, 5.74) is 6.24. The van der Waals surface area contributed by atoms with Gasteiger partial charge in [0.05, 0.1) is 0 Å². The van der Waals surface area contributed by atoms with E-state index in [1.54, 1.807) is 0 Å². The molecule has 0 unspecified atom stereocenters. The fourth-order valence-corrected chi connectivity index (χ4v) is 6.37. The molecule has 1 aromatic rings. The number of carbonyl (C=O) groups excluding carboxylic acids is 1. The Hall–Kier alpha value is -2.01. The van der Waals surface area contributed by atoms with Crippen LogP contribution in [0.3, 0.4) is 0 Å². The minimum Gasteiger partial charge on any atom is -0.508 e. The molecule has 2 aliphatic heterocycles. The van der Waals surface area contributed by atoms with Crippen molar-refractivity contribution in [2.75, 3.05) is 13.1 Å². The Morgan fingerprint density at radius 1 is 1.17 bits per heavy atom. The van der Waals surface area contributed by atoms with E-state index < -0.39 is 0 Å². The van der Waals surface area contributed by atoms with Crippen LogP contribution in [-0.4, -0.2) is 34.7 Å². The topological polar surface area (TPSA) is 61.8 Å². The predicted octanol–water partition coefficient (Wildman–Crippen LogP) is 6.75. The molecule has 1 aliphatic carbocycles. The molecule has 5 heteroatoms. The average Bonchev–Trinajstić information content (AvgIpc) is 3.04. The fourth-order valence-electron chi connectivity index (χ4n) is 6.37. The normalized spacial score (nSPS) is 24.4. The van der Waals surface area contributed by atoms with Crippen LogP contribution in [0.4, 0.5) is 0 Å². The van der Waals surface area contributed by atoms with Crippen molar-refractivity contribution >= 4 is 5.91 Å². The second-order valence-corrected chi connectivity index (χ2v) is 12.3. The minimum atomic E-state index is -0.259. The summed E-state index contributed by atoms with van der Waals surface area (Å²) in [7, 11) is 0. The van der Waals surface area contributed by atoms with Crippen molar-refractivity contribution in [2.24, 2.45) is 5.92 Å². The second kappa shape index (κ2) is 10.5. The highest BCUT2D eigenvalue weighted by molar-refractivity contribution is 5.75. The second-order valence-electron chi connectivity index (χ2n) is 12.3. The van der Waals surface area contributed by atoms with Crippen LogP contribution in [0.1, 0.15) is 116 Å². The standard InChI is InChI=1S/C30H46N2O3/c1-21-13-14-24-23(18-21)28-25(33)19-22(20-26(28)35-30(24,4)5)29(2,3)15-9-8-12-27(34)31-32-16-10-6-7-11-17-32/h13,19-20,23-24,33H,6-12,14-18H2,1-5H3,(H,31,34)/t23-,24-/m1/s1. The van der Waals surface area contributed by atoms with E-state index >= 15 is 0 Å². The van der Waals surface area contributed by atoms with Crippen molar-refractivity contribution in [3.05, 3.63) is 34.9 Å². The first-order chi connectivity index (χ1) is 16.6. The molecule has 5 nitrogen and oxygen atoms in total. The Kier molecular flexibility index (Phi) is 7.85. The number of hydrogen-bond acceptors (Lipinski definition) is 4. The number of nitrogens with one attached hydrogen (secondary N) is 1. The molecule has 35 heavy (non-hydrogen) atoms. The zero-order chi connectivity index (χ0) is 25.2. The van der Waals surface area contributed by atoms with Gasteiger partial charge in [-0.2, -0.15) is 0 Å². The van der Waals surface area contributed by atoms with Crippen LogP contribution >= 0.6 is 0 Å². The van der Waals surface area contributed by atoms with Crippen molar-refractivity contribution in [1.82, 2.24) is 10.4 Å². The van der Waals surface area contributed by atoms with Crippen molar-refractivity contribution in [3.8, 4) is 11.5 Å². The summed E-state index contributed by atoms with van der Waals surface area (Å²) in [6.07, 6.45) is 12.6. The summed E-state index contributed by atoms with van der Waals surface area (Å²) in [4.78, 5) is 12.4. The first-order valence-electron chi connectivity index (χ1n) is 13.8. The molecule has 2 N–H and O–H groups in total. The van der Waals surface area contributed by atoms with E-state index in [1.165, 1.54) is 31.3 Å². The number of allylic oxidation sites excluding steroid dienone is 2. The van der Waals surface area contributed by atoms with E-state index in [4.69, 9.17) is 4.74 Å². The van der Waals surface area contributed by atoms with Crippen LogP contribution in [0.5, 0.6) is 11.5 Å². The smallest absolute Gasteiger partial charge is 0.234 e. The van der Waals surface area contributed by atoms with E-state index in [0.717, 1.165) is 62.1 Å². The zero-order valence-corrected chi connectivity index (χ0v) is 22.6. The number of amides is 1. The Balaban J connectivity index is 1.37. The number of phenols is 1. The lowest BCUT2D eigenvalue weighted by molar-refractivity contribution is -0.126. The zero-order valence-electron chi connectivity index (χ0n) is 22.6. The summed E-state index contributed by atoms with van der Waals surface area (Å²) >= 11 is 0. The molecule has 0 bridgehead atoms. The number of phenolic OH excluding ortho intramolecular Hbond substituents is 1. The van der Waals surface area contributed by atoms with Gasteiger partial charge in [-0.25, -0.2) is 5.01 Å². The highest BCUT2D eigenvalue weighted by atomic mass is 16.5. The summed E-state index contributed by atoms with van der Waals surface area (Å²) in [6.45, 7) is 13.0. The largest absolute Gasteiger partial charge is 0.508 e. The van der Waals surface area contributed by atoms with Crippen LogP contribution in [0.25, 0.3) is 0 Å². The van der Waals surface area contributed by atoms with Gasteiger partial charge < -0.3 is 9.84 Å². The molecule has 1 aromatic carbocycles. The molecule has 2 atom stereocenters. The molecule has 0 aromatic heterocycles.